The van der Waals surface area contributed by atoms with Crippen molar-refractivity contribution in [1.29, 1.82) is 0 Å². The van der Waals surface area contributed by atoms with Crippen LogP contribution in [0.15, 0.2) is 79.1 Å². The molecule has 0 fully saturated rings. The van der Waals surface area contributed by atoms with E-state index in [4.69, 9.17) is 10.5 Å². The molecule has 0 aliphatic carbocycles. The molecule has 1 heterocycles. The number of amides is 1. The summed E-state index contributed by atoms with van der Waals surface area (Å²) in [5.74, 6) is -1.00. The molecule has 0 saturated carbocycles. The third-order valence-electron chi connectivity index (χ3n) is 6.39. The first-order chi connectivity index (χ1) is 17.5. The molecular weight excluding hydrogens is 450 g/mol. The number of aryl methyl sites for hydroxylation is 2. The van der Waals surface area contributed by atoms with Crippen molar-refractivity contribution in [2.45, 2.75) is 39.2 Å². The average molecular weight is 482 g/mol. The fourth-order valence-corrected chi connectivity index (χ4v) is 4.22. The predicted octanol–water partition coefficient (Wildman–Crippen LogP) is 5.40. The van der Waals surface area contributed by atoms with E-state index >= 15 is 0 Å². The highest BCUT2D eigenvalue weighted by Gasteiger charge is 2.20. The summed E-state index contributed by atoms with van der Waals surface area (Å²) in [7, 11) is 0. The van der Waals surface area contributed by atoms with Gasteiger partial charge in [0.05, 0.1) is 11.5 Å². The first-order valence-electron chi connectivity index (χ1n) is 12.2. The van der Waals surface area contributed by atoms with Crippen LogP contribution in [0.1, 0.15) is 52.4 Å². The number of aromatic nitrogens is 1. The van der Waals surface area contributed by atoms with Gasteiger partial charge in [-0.15, -0.1) is 0 Å². The number of hydrogen-bond acceptors (Lipinski definition) is 5. The molecule has 0 saturated heterocycles. The first kappa shape index (κ1) is 25.1. The quantitative estimate of drug-likeness (QED) is 0.312. The van der Waals surface area contributed by atoms with E-state index in [-0.39, 0.29) is 25.0 Å². The maximum absolute atomic E-state index is 13.0. The van der Waals surface area contributed by atoms with Crippen molar-refractivity contribution in [1.82, 2.24) is 4.98 Å². The van der Waals surface area contributed by atoms with Gasteiger partial charge in [0.15, 0.2) is 0 Å². The summed E-state index contributed by atoms with van der Waals surface area (Å²) >= 11 is 0. The van der Waals surface area contributed by atoms with Gasteiger partial charge in [-0.1, -0.05) is 56.3 Å². The molecule has 1 amide bonds. The van der Waals surface area contributed by atoms with E-state index in [1.165, 1.54) is 5.56 Å². The third kappa shape index (κ3) is 5.78. The Morgan fingerprint density at radius 3 is 2.42 bits per heavy atom. The highest BCUT2D eigenvalue weighted by molar-refractivity contribution is 5.98. The lowest BCUT2D eigenvalue weighted by atomic mass is 9.97. The minimum absolute atomic E-state index is 0.156. The number of nitrogens with zero attached hydrogens (tertiary/aromatic N) is 1. The van der Waals surface area contributed by atoms with Gasteiger partial charge >= 0.3 is 5.97 Å². The lowest BCUT2D eigenvalue weighted by Crippen LogP contribution is -2.27. The van der Waals surface area contributed by atoms with Crippen LogP contribution in [-0.2, 0) is 29.0 Å². The molecule has 3 aromatic carbocycles. The number of benzene rings is 3. The zero-order chi connectivity index (χ0) is 25.5. The number of carbonyl (C=O) groups is 2. The van der Waals surface area contributed by atoms with Gasteiger partial charge in [0.1, 0.15) is 6.61 Å². The monoisotopic (exact) mass is 481 g/mol. The molecule has 0 radical (unpaired) electrons. The number of pyridine rings is 1. The van der Waals surface area contributed by atoms with Crippen molar-refractivity contribution in [2.75, 3.05) is 11.9 Å². The number of nitrogens with one attached hydrogen (secondary N) is 1. The van der Waals surface area contributed by atoms with Crippen molar-refractivity contribution in [3.8, 4) is 0 Å². The molecule has 0 aliphatic heterocycles. The Morgan fingerprint density at radius 2 is 1.69 bits per heavy atom. The maximum Gasteiger partial charge on any atom is 0.338 e. The molecule has 4 rings (SSSR count). The summed E-state index contributed by atoms with van der Waals surface area (Å²) in [6.45, 7) is 4.46. The standard InChI is InChI=1S/C30H31N3O3/c1-3-20-7-12-27(22(4-2)15-20)30(35)36-19-21-5-8-23(9-6-21)28(17-31)29(34)33-26-11-10-25-18-32-14-13-24(25)16-26/h5-16,18,28H,3-4,17,19,31H2,1-2H3,(H,33,34). The van der Waals surface area contributed by atoms with Crippen LogP contribution in [0.5, 0.6) is 0 Å². The fraction of sp³-hybridized carbons (Fsp3) is 0.233. The number of nitrogens with two attached hydrogens (primary N) is 1. The highest BCUT2D eigenvalue weighted by atomic mass is 16.5. The normalized spacial score (nSPS) is 11.8. The summed E-state index contributed by atoms with van der Waals surface area (Å²) < 4.78 is 5.57. The summed E-state index contributed by atoms with van der Waals surface area (Å²) in [5.41, 5.74) is 11.1. The van der Waals surface area contributed by atoms with Crippen LogP contribution in [0.25, 0.3) is 10.8 Å². The van der Waals surface area contributed by atoms with Crippen LogP contribution in [-0.4, -0.2) is 23.4 Å². The Balaban J connectivity index is 1.39. The lowest BCUT2D eigenvalue weighted by Gasteiger charge is -2.16. The number of carbonyl (C=O) groups excluding carboxylic acids is 2. The molecule has 4 aromatic rings. The smallest absolute Gasteiger partial charge is 0.338 e. The molecule has 6 nitrogen and oxygen atoms in total. The summed E-state index contributed by atoms with van der Waals surface area (Å²) in [5, 5.41) is 4.97. The van der Waals surface area contributed by atoms with Gasteiger partial charge in [-0.3, -0.25) is 9.78 Å². The minimum Gasteiger partial charge on any atom is -0.457 e. The molecule has 0 bridgehead atoms. The third-order valence-corrected chi connectivity index (χ3v) is 6.39. The van der Waals surface area contributed by atoms with Crippen molar-refractivity contribution in [3.63, 3.8) is 0 Å². The van der Waals surface area contributed by atoms with E-state index in [9.17, 15) is 9.59 Å². The molecule has 1 unspecified atom stereocenters. The summed E-state index contributed by atoms with van der Waals surface area (Å²) in [6.07, 6.45) is 5.20. The van der Waals surface area contributed by atoms with Crippen LogP contribution >= 0.6 is 0 Å². The van der Waals surface area contributed by atoms with E-state index in [0.717, 1.165) is 40.3 Å². The number of fused-ring (bicyclic) bond motifs is 1. The molecule has 36 heavy (non-hydrogen) atoms. The molecule has 1 aromatic heterocycles. The maximum atomic E-state index is 13.0. The van der Waals surface area contributed by atoms with Gasteiger partial charge in [0.2, 0.25) is 5.91 Å². The zero-order valence-electron chi connectivity index (χ0n) is 20.7. The van der Waals surface area contributed by atoms with Crippen LogP contribution in [0.3, 0.4) is 0 Å². The van der Waals surface area contributed by atoms with Gasteiger partial charge in [-0.25, -0.2) is 4.79 Å². The van der Waals surface area contributed by atoms with Gasteiger partial charge in [0.25, 0.3) is 0 Å². The van der Waals surface area contributed by atoms with Gasteiger partial charge in [-0.2, -0.15) is 0 Å². The molecule has 0 spiro atoms. The van der Waals surface area contributed by atoms with E-state index in [1.807, 2.05) is 67.6 Å². The lowest BCUT2D eigenvalue weighted by molar-refractivity contribution is -0.117. The molecular formula is C30H31N3O3. The van der Waals surface area contributed by atoms with Gasteiger partial charge in [0, 0.05) is 30.0 Å². The SMILES string of the molecule is CCc1ccc(C(=O)OCc2ccc(C(CN)C(=O)Nc3ccc4cnccc4c3)cc2)c(CC)c1. The van der Waals surface area contributed by atoms with Crippen molar-refractivity contribution < 1.29 is 14.3 Å². The van der Waals surface area contributed by atoms with E-state index < -0.39 is 5.92 Å². The Kier molecular flexibility index (Phi) is 8.08. The highest BCUT2D eigenvalue weighted by Crippen LogP contribution is 2.22. The van der Waals surface area contributed by atoms with E-state index in [0.29, 0.717) is 11.3 Å². The van der Waals surface area contributed by atoms with Crippen molar-refractivity contribution in [3.05, 3.63) is 107 Å². The number of esters is 1. The van der Waals surface area contributed by atoms with E-state index in [2.05, 4.69) is 23.3 Å². The number of rotatable bonds is 9. The molecule has 184 valence electrons. The first-order valence-corrected chi connectivity index (χ1v) is 12.2. The zero-order valence-corrected chi connectivity index (χ0v) is 20.7. The summed E-state index contributed by atoms with van der Waals surface area (Å²) in [6, 6.07) is 20.9. The number of ether oxygens (including phenoxy) is 1. The van der Waals surface area contributed by atoms with Crippen molar-refractivity contribution >= 4 is 28.3 Å². The molecule has 6 heteroatoms. The van der Waals surface area contributed by atoms with E-state index in [1.54, 1.807) is 12.4 Å². The number of anilines is 1. The molecule has 3 N–H and O–H groups in total. The Hall–Kier alpha value is -4.03. The second-order valence-electron chi connectivity index (χ2n) is 8.73. The van der Waals surface area contributed by atoms with Crippen LogP contribution in [0, 0.1) is 0 Å². The topological polar surface area (TPSA) is 94.3 Å². The summed E-state index contributed by atoms with van der Waals surface area (Å²) in [4.78, 5) is 29.8. The Labute approximate surface area is 211 Å². The van der Waals surface area contributed by atoms with Gasteiger partial charge < -0.3 is 15.8 Å². The molecule has 0 aliphatic rings. The second kappa shape index (κ2) is 11.6. The second-order valence-corrected chi connectivity index (χ2v) is 8.73. The fourth-order valence-electron chi connectivity index (χ4n) is 4.22. The van der Waals surface area contributed by atoms with Crippen LogP contribution < -0.4 is 11.1 Å². The van der Waals surface area contributed by atoms with Crippen LogP contribution in [0.4, 0.5) is 5.69 Å². The average Bonchev–Trinajstić information content (AvgIpc) is 2.92. The van der Waals surface area contributed by atoms with Gasteiger partial charge in [-0.05, 0) is 64.7 Å². The Bertz CT molecular complexity index is 1370. The molecule has 1 atom stereocenters. The number of hydrogen-bond donors (Lipinski definition) is 2. The minimum atomic E-state index is -0.501. The Morgan fingerprint density at radius 1 is 0.917 bits per heavy atom. The predicted molar refractivity (Wildman–Crippen MR) is 143 cm³/mol. The van der Waals surface area contributed by atoms with Crippen LogP contribution in [0.2, 0.25) is 0 Å². The largest absolute Gasteiger partial charge is 0.457 e. The van der Waals surface area contributed by atoms with Crippen molar-refractivity contribution in [2.24, 2.45) is 5.73 Å².